The van der Waals surface area contributed by atoms with Crippen LogP contribution in [0, 0.1) is 5.92 Å². The molecule has 0 aromatic heterocycles. The van der Waals surface area contributed by atoms with Gasteiger partial charge < -0.3 is 36.6 Å². The Labute approximate surface area is 304 Å². The highest BCUT2D eigenvalue weighted by Crippen LogP contribution is 2.18. The number of carbonyl (C=O) groups excluding carboxylic acids is 6. The Bertz CT molecular complexity index is 1710. The lowest BCUT2D eigenvalue weighted by atomic mass is 10.0. The van der Waals surface area contributed by atoms with Crippen molar-refractivity contribution in [1.82, 2.24) is 26.2 Å². The molecule has 3 aromatic rings. The molecule has 6 amide bonds. The molecule has 276 valence electrons. The van der Waals surface area contributed by atoms with E-state index in [0.717, 1.165) is 11.1 Å². The van der Waals surface area contributed by atoms with Gasteiger partial charge in [-0.05, 0) is 73.6 Å². The van der Waals surface area contributed by atoms with Crippen LogP contribution in [-0.2, 0) is 32.1 Å². The van der Waals surface area contributed by atoms with E-state index in [2.05, 4.69) is 21.3 Å². The Kier molecular flexibility index (Phi) is 14.3. The third kappa shape index (κ3) is 12.0. The van der Waals surface area contributed by atoms with E-state index < -0.39 is 41.8 Å². The lowest BCUT2D eigenvalue weighted by Gasteiger charge is -2.25. The number of hydrogen-bond acceptors (Lipinski definition) is 7. The zero-order valence-electron chi connectivity index (χ0n) is 29.9. The number of primary amides is 1. The fraction of sp³-hybridized carbons (Fsp3) is 0.385. The van der Waals surface area contributed by atoms with E-state index in [9.17, 15) is 28.8 Å². The first-order chi connectivity index (χ1) is 24.9. The molecule has 0 aliphatic carbocycles. The zero-order valence-corrected chi connectivity index (χ0v) is 29.9. The maximum atomic E-state index is 13.8. The SMILES string of the molecule is CC(C)C[C@@H]1NC(=O)[C@@H](Cc2ccccc2)NC(=O)c2ccc(cc2)CN(C(=O)c2cccc(OCC(N)=O)c2)CCCCNC(=O)[C@@H](C)NC1=O. The first kappa shape index (κ1) is 39.1. The van der Waals surface area contributed by atoms with Crippen LogP contribution in [0.15, 0.2) is 78.9 Å². The largest absolute Gasteiger partial charge is 0.484 e. The van der Waals surface area contributed by atoms with Crippen LogP contribution in [0.4, 0.5) is 0 Å². The summed E-state index contributed by atoms with van der Waals surface area (Å²) in [6, 6.07) is 19.6. The fourth-order valence-corrected chi connectivity index (χ4v) is 5.74. The van der Waals surface area contributed by atoms with Crippen molar-refractivity contribution in [2.75, 3.05) is 19.7 Å². The lowest BCUT2D eigenvalue weighted by molar-refractivity contribution is -0.132. The molecule has 2 aliphatic heterocycles. The van der Waals surface area contributed by atoms with E-state index in [1.165, 1.54) is 0 Å². The van der Waals surface area contributed by atoms with Gasteiger partial charge in [0.05, 0.1) is 0 Å². The van der Waals surface area contributed by atoms with Crippen LogP contribution in [-0.4, -0.2) is 78.2 Å². The van der Waals surface area contributed by atoms with Crippen LogP contribution in [0.3, 0.4) is 0 Å². The van der Waals surface area contributed by atoms with E-state index in [1.807, 2.05) is 44.2 Å². The van der Waals surface area contributed by atoms with Crippen molar-refractivity contribution in [2.45, 2.75) is 71.1 Å². The number of rotatable bonds is 8. The molecule has 2 aliphatic rings. The third-order valence-electron chi connectivity index (χ3n) is 8.49. The van der Waals surface area contributed by atoms with Crippen LogP contribution in [0.5, 0.6) is 5.75 Å². The van der Waals surface area contributed by atoms with Crippen molar-refractivity contribution in [3.8, 4) is 5.75 Å². The van der Waals surface area contributed by atoms with Gasteiger partial charge in [-0.25, -0.2) is 0 Å². The van der Waals surface area contributed by atoms with Gasteiger partial charge in [-0.2, -0.15) is 0 Å². The van der Waals surface area contributed by atoms with Crippen molar-refractivity contribution >= 4 is 35.4 Å². The van der Waals surface area contributed by atoms with Gasteiger partial charge in [0.1, 0.15) is 23.9 Å². The molecule has 13 nitrogen and oxygen atoms in total. The smallest absolute Gasteiger partial charge is 0.255 e. The summed E-state index contributed by atoms with van der Waals surface area (Å²) in [4.78, 5) is 80.3. The summed E-state index contributed by atoms with van der Waals surface area (Å²) >= 11 is 0. The quantitative estimate of drug-likeness (QED) is 0.222. The number of nitrogens with two attached hydrogens (primary N) is 1. The summed E-state index contributed by atoms with van der Waals surface area (Å²) in [5.74, 6) is -2.46. The molecule has 0 spiro atoms. The van der Waals surface area contributed by atoms with Gasteiger partial charge >= 0.3 is 0 Å². The average Bonchev–Trinajstić information content (AvgIpc) is 3.12. The third-order valence-corrected chi connectivity index (χ3v) is 8.49. The topological polar surface area (TPSA) is 189 Å². The summed E-state index contributed by atoms with van der Waals surface area (Å²) in [6.07, 6.45) is 1.60. The summed E-state index contributed by atoms with van der Waals surface area (Å²) < 4.78 is 5.40. The van der Waals surface area contributed by atoms with E-state index in [1.54, 1.807) is 60.4 Å². The molecule has 2 heterocycles. The van der Waals surface area contributed by atoms with Crippen LogP contribution in [0.2, 0.25) is 0 Å². The lowest BCUT2D eigenvalue weighted by Crippen LogP contribution is -2.57. The molecular weight excluding hydrogens is 664 g/mol. The molecule has 2 bridgehead atoms. The molecular formula is C39H48N6O7. The van der Waals surface area contributed by atoms with Crippen molar-refractivity contribution in [1.29, 1.82) is 0 Å². The maximum absolute atomic E-state index is 13.8. The number of ether oxygens (including phenoxy) is 1. The Morgan fingerprint density at radius 1 is 0.846 bits per heavy atom. The molecule has 0 unspecified atom stereocenters. The number of nitrogens with one attached hydrogen (secondary N) is 4. The van der Waals surface area contributed by atoms with Crippen LogP contribution in [0.25, 0.3) is 0 Å². The minimum Gasteiger partial charge on any atom is -0.484 e. The van der Waals surface area contributed by atoms with Crippen molar-refractivity contribution in [2.24, 2.45) is 11.7 Å². The highest BCUT2D eigenvalue weighted by atomic mass is 16.5. The van der Waals surface area contributed by atoms with Crippen LogP contribution < -0.4 is 31.7 Å². The van der Waals surface area contributed by atoms with Crippen molar-refractivity contribution in [3.63, 3.8) is 0 Å². The summed E-state index contributed by atoms with van der Waals surface area (Å²) in [5.41, 5.74) is 7.44. The minimum absolute atomic E-state index is 0.0425. The summed E-state index contributed by atoms with van der Waals surface area (Å²) in [5, 5.41) is 11.2. The first-order valence-corrected chi connectivity index (χ1v) is 17.5. The number of nitrogens with zero attached hydrogens (tertiary/aromatic N) is 1. The van der Waals surface area contributed by atoms with Gasteiger partial charge in [0.15, 0.2) is 6.61 Å². The molecule has 0 saturated heterocycles. The van der Waals surface area contributed by atoms with Gasteiger partial charge in [0, 0.05) is 37.2 Å². The molecule has 3 atom stereocenters. The second-order valence-electron chi connectivity index (χ2n) is 13.3. The molecule has 52 heavy (non-hydrogen) atoms. The highest BCUT2D eigenvalue weighted by molar-refractivity contribution is 5.99. The number of hydrogen-bond donors (Lipinski definition) is 5. The molecule has 0 radical (unpaired) electrons. The Hall–Kier alpha value is -5.72. The Balaban J connectivity index is 1.61. The monoisotopic (exact) mass is 712 g/mol. The normalized spacial score (nSPS) is 19.5. The van der Waals surface area contributed by atoms with Gasteiger partial charge in [-0.3, -0.25) is 28.8 Å². The van der Waals surface area contributed by atoms with Gasteiger partial charge in [-0.1, -0.05) is 62.4 Å². The standard InChI is InChI=1S/C39H48N6O7/c1-25(2)20-32-37(49)42-26(3)35(47)41-18-7-8-19-45(39(51)30-12-9-13-31(22-30)52-24-34(40)46)23-28-14-16-29(17-15-28)36(48)43-33(38(50)44-32)21-27-10-5-4-6-11-27/h4-6,9-17,22,25-26,32-33H,7-8,18-21,23-24H2,1-3H3,(H2,40,46)(H,41,47)(H,42,49)(H,43,48)(H,44,50)/t26-,32+,33-/m1/s1. The first-order valence-electron chi connectivity index (χ1n) is 17.5. The average molecular weight is 713 g/mol. The van der Waals surface area contributed by atoms with Crippen molar-refractivity contribution < 1.29 is 33.5 Å². The summed E-state index contributed by atoms with van der Waals surface area (Å²) in [7, 11) is 0. The molecule has 0 fully saturated rings. The number of benzene rings is 3. The van der Waals surface area contributed by atoms with Gasteiger partial charge in [-0.15, -0.1) is 0 Å². The predicted molar refractivity (Wildman–Crippen MR) is 195 cm³/mol. The number of amides is 6. The highest BCUT2D eigenvalue weighted by Gasteiger charge is 2.29. The molecule has 5 rings (SSSR count). The van der Waals surface area contributed by atoms with Crippen LogP contribution in [0.1, 0.15) is 71.9 Å². The summed E-state index contributed by atoms with van der Waals surface area (Å²) in [6.45, 7) is 5.98. The second-order valence-corrected chi connectivity index (χ2v) is 13.3. The molecule has 3 aromatic carbocycles. The minimum atomic E-state index is -1.01. The van der Waals surface area contributed by atoms with E-state index in [-0.39, 0.29) is 37.3 Å². The molecule has 13 heteroatoms. The fourth-order valence-electron chi connectivity index (χ4n) is 5.74. The Morgan fingerprint density at radius 3 is 2.25 bits per heavy atom. The number of fused-ring (bicyclic) bond motifs is 18. The maximum Gasteiger partial charge on any atom is 0.255 e. The second kappa shape index (κ2) is 19.0. The van der Waals surface area contributed by atoms with E-state index in [4.69, 9.17) is 10.5 Å². The predicted octanol–water partition coefficient (Wildman–Crippen LogP) is 2.48. The zero-order chi connectivity index (χ0) is 37.6. The number of carbonyl (C=O) groups is 6. The van der Waals surface area contributed by atoms with Crippen molar-refractivity contribution in [3.05, 3.63) is 101 Å². The van der Waals surface area contributed by atoms with E-state index in [0.29, 0.717) is 49.2 Å². The molecule has 0 saturated carbocycles. The molecule has 6 N–H and O–H groups in total. The van der Waals surface area contributed by atoms with Gasteiger partial charge in [0.2, 0.25) is 17.7 Å². The van der Waals surface area contributed by atoms with Crippen LogP contribution >= 0.6 is 0 Å². The van der Waals surface area contributed by atoms with Gasteiger partial charge in [0.25, 0.3) is 17.7 Å². The van der Waals surface area contributed by atoms with E-state index >= 15 is 0 Å². The Morgan fingerprint density at radius 2 is 1.56 bits per heavy atom.